The van der Waals surface area contributed by atoms with Gasteiger partial charge in [0.2, 0.25) is 0 Å². The molecule has 126 valence electrons. The van der Waals surface area contributed by atoms with Crippen LogP contribution in [0.2, 0.25) is 0 Å². The van der Waals surface area contributed by atoms with Gasteiger partial charge in [-0.3, -0.25) is 4.99 Å². The molecule has 1 aliphatic rings. The molecular formula is C13H29IN4O2S. The Morgan fingerprint density at radius 2 is 2.10 bits per heavy atom. The average molecular weight is 432 g/mol. The standard InChI is InChI=1S/C13H28N4O2S.HI/c1-5-14-13(15-7-8-17(4)11(2)3)16-12-6-9-20(18,19)10-12;/h11-12H,5-10H2,1-4H3,(H2,14,15,16);1H. The lowest BCUT2D eigenvalue weighted by Gasteiger charge is -2.20. The normalized spacial score (nSPS) is 21.4. The molecule has 1 atom stereocenters. The van der Waals surface area contributed by atoms with Crippen molar-refractivity contribution in [2.45, 2.75) is 39.3 Å². The van der Waals surface area contributed by atoms with Crippen LogP contribution in [0, 0.1) is 0 Å². The topological polar surface area (TPSA) is 73.8 Å². The molecular weight excluding hydrogens is 403 g/mol. The van der Waals surface area contributed by atoms with Gasteiger partial charge >= 0.3 is 0 Å². The van der Waals surface area contributed by atoms with Crippen molar-refractivity contribution in [2.24, 2.45) is 4.99 Å². The molecule has 1 rings (SSSR count). The summed E-state index contributed by atoms with van der Waals surface area (Å²) in [4.78, 5) is 6.73. The van der Waals surface area contributed by atoms with Crippen LogP contribution in [0.3, 0.4) is 0 Å². The first-order valence-electron chi connectivity index (χ1n) is 7.29. The monoisotopic (exact) mass is 432 g/mol. The summed E-state index contributed by atoms with van der Waals surface area (Å²) in [6.07, 6.45) is 0.665. The average Bonchev–Trinajstić information content (AvgIpc) is 2.68. The molecule has 2 N–H and O–H groups in total. The minimum atomic E-state index is -2.85. The molecule has 0 aromatic heterocycles. The summed E-state index contributed by atoms with van der Waals surface area (Å²) in [6, 6.07) is 0.487. The van der Waals surface area contributed by atoms with Gasteiger partial charge in [-0.1, -0.05) is 0 Å². The number of guanidine groups is 1. The summed E-state index contributed by atoms with van der Waals surface area (Å²) >= 11 is 0. The van der Waals surface area contributed by atoms with Gasteiger partial charge < -0.3 is 15.5 Å². The van der Waals surface area contributed by atoms with E-state index >= 15 is 0 Å². The van der Waals surface area contributed by atoms with E-state index in [2.05, 4.69) is 41.4 Å². The second-order valence-electron chi connectivity index (χ2n) is 5.58. The highest BCUT2D eigenvalue weighted by Crippen LogP contribution is 2.10. The van der Waals surface area contributed by atoms with E-state index in [0.717, 1.165) is 13.1 Å². The highest BCUT2D eigenvalue weighted by molar-refractivity contribution is 14.0. The van der Waals surface area contributed by atoms with Crippen molar-refractivity contribution in [3.8, 4) is 0 Å². The van der Waals surface area contributed by atoms with Gasteiger partial charge in [0.25, 0.3) is 0 Å². The fourth-order valence-electron chi connectivity index (χ4n) is 2.00. The van der Waals surface area contributed by atoms with Crippen molar-refractivity contribution in [1.82, 2.24) is 15.5 Å². The van der Waals surface area contributed by atoms with E-state index in [1.54, 1.807) is 0 Å². The van der Waals surface area contributed by atoms with Gasteiger partial charge in [-0.25, -0.2) is 8.42 Å². The molecule has 1 aliphatic heterocycles. The maximum absolute atomic E-state index is 11.5. The van der Waals surface area contributed by atoms with E-state index in [4.69, 9.17) is 0 Å². The minimum absolute atomic E-state index is 0. The molecule has 1 fully saturated rings. The Morgan fingerprint density at radius 1 is 1.43 bits per heavy atom. The Hall–Kier alpha value is -0.0900. The number of aliphatic imine (C=N–C) groups is 1. The number of sulfone groups is 1. The van der Waals surface area contributed by atoms with E-state index in [-0.39, 0.29) is 41.5 Å². The van der Waals surface area contributed by atoms with Crippen molar-refractivity contribution in [2.75, 3.05) is 38.2 Å². The van der Waals surface area contributed by atoms with Gasteiger partial charge in [-0.15, -0.1) is 24.0 Å². The van der Waals surface area contributed by atoms with E-state index < -0.39 is 9.84 Å². The quantitative estimate of drug-likeness (QED) is 0.367. The SMILES string of the molecule is CCNC(=NCCN(C)C(C)C)NC1CCS(=O)(=O)C1.I. The number of hydrogen-bond acceptors (Lipinski definition) is 4. The highest BCUT2D eigenvalue weighted by atomic mass is 127. The van der Waals surface area contributed by atoms with Crippen molar-refractivity contribution >= 4 is 39.8 Å². The van der Waals surface area contributed by atoms with Gasteiger partial charge in [-0.05, 0) is 34.2 Å². The third-order valence-corrected chi connectivity index (χ3v) is 5.29. The van der Waals surface area contributed by atoms with E-state index in [1.165, 1.54) is 0 Å². The molecule has 1 unspecified atom stereocenters. The third-order valence-electron chi connectivity index (χ3n) is 3.52. The Labute approximate surface area is 146 Å². The van der Waals surface area contributed by atoms with E-state index in [1.807, 2.05) is 6.92 Å². The number of halogens is 1. The largest absolute Gasteiger partial charge is 0.357 e. The molecule has 8 heteroatoms. The summed E-state index contributed by atoms with van der Waals surface area (Å²) < 4.78 is 22.9. The molecule has 21 heavy (non-hydrogen) atoms. The number of hydrogen-bond donors (Lipinski definition) is 2. The van der Waals surface area contributed by atoms with Gasteiger partial charge in [-0.2, -0.15) is 0 Å². The fourth-order valence-corrected chi connectivity index (χ4v) is 3.67. The number of nitrogens with one attached hydrogen (secondary N) is 2. The summed E-state index contributed by atoms with van der Waals surface area (Å²) in [5, 5.41) is 6.38. The lowest BCUT2D eigenvalue weighted by Crippen LogP contribution is -2.44. The lowest BCUT2D eigenvalue weighted by atomic mass is 10.3. The summed E-state index contributed by atoms with van der Waals surface area (Å²) in [6.45, 7) is 8.65. The third kappa shape index (κ3) is 8.20. The molecule has 0 amide bonds. The molecule has 0 aromatic carbocycles. The Kier molecular flexibility index (Phi) is 9.79. The molecule has 1 saturated heterocycles. The maximum atomic E-state index is 11.5. The van der Waals surface area contributed by atoms with E-state index in [9.17, 15) is 8.42 Å². The lowest BCUT2D eigenvalue weighted by molar-refractivity contribution is 0.282. The second kappa shape index (κ2) is 9.83. The van der Waals surface area contributed by atoms with Crippen LogP contribution in [0.15, 0.2) is 4.99 Å². The van der Waals surface area contributed by atoms with E-state index in [0.29, 0.717) is 25.0 Å². The van der Waals surface area contributed by atoms with Crippen LogP contribution in [0.5, 0.6) is 0 Å². The number of rotatable bonds is 6. The van der Waals surface area contributed by atoms with Crippen LogP contribution in [-0.4, -0.2) is 69.5 Å². The van der Waals surface area contributed by atoms with Crippen molar-refractivity contribution in [3.05, 3.63) is 0 Å². The van der Waals surface area contributed by atoms with Crippen LogP contribution < -0.4 is 10.6 Å². The molecule has 0 radical (unpaired) electrons. The first-order valence-corrected chi connectivity index (χ1v) is 9.11. The summed E-state index contributed by atoms with van der Waals surface area (Å²) in [5.74, 6) is 1.20. The molecule has 0 bridgehead atoms. The zero-order valence-corrected chi connectivity index (χ0v) is 16.6. The van der Waals surface area contributed by atoms with Crippen molar-refractivity contribution in [1.29, 1.82) is 0 Å². The number of likely N-dealkylation sites (N-methyl/N-ethyl adjacent to an activating group) is 1. The van der Waals surface area contributed by atoms with Crippen LogP contribution in [0.1, 0.15) is 27.2 Å². The van der Waals surface area contributed by atoms with Crippen LogP contribution in [-0.2, 0) is 9.84 Å². The highest BCUT2D eigenvalue weighted by Gasteiger charge is 2.28. The molecule has 0 aromatic rings. The van der Waals surface area contributed by atoms with Crippen LogP contribution in [0.4, 0.5) is 0 Å². The zero-order valence-electron chi connectivity index (χ0n) is 13.4. The maximum Gasteiger partial charge on any atom is 0.191 e. The van der Waals surface area contributed by atoms with Crippen LogP contribution >= 0.6 is 24.0 Å². The minimum Gasteiger partial charge on any atom is -0.357 e. The smallest absolute Gasteiger partial charge is 0.191 e. The Balaban J connectivity index is 0.00000400. The van der Waals surface area contributed by atoms with Crippen molar-refractivity contribution in [3.63, 3.8) is 0 Å². The predicted octanol–water partition coefficient (Wildman–Crippen LogP) is 0.687. The predicted molar refractivity (Wildman–Crippen MR) is 99.4 cm³/mol. The van der Waals surface area contributed by atoms with Crippen LogP contribution in [0.25, 0.3) is 0 Å². The molecule has 6 nitrogen and oxygen atoms in total. The zero-order chi connectivity index (χ0) is 15.2. The Bertz CT molecular complexity index is 426. The van der Waals surface area contributed by atoms with Gasteiger partial charge in [0, 0.05) is 25.2 Å². The first kappa shape index (κ1) is 20.9. The molecule has 1 heterocycles. The first-order chi connectivity index (χ1) is 9.34. The van der Waals surface area contributed by atoms with Gasteiger partial charge in [0.05, 0.1) is 18.1 Å². The molecule has 0 spiro atoms. The van der Waals surface area contributed by atoms with Gasteiger partial charge in [0.1, 0.15) is 0 Å². The second-order valence-corrected chi connectivity index (χ2v) is 7.81. The molecule has 0 aliphatic carbocycles. The Morgan fingerprint density at radius 3 is 2.57 bits per heavy atom. The van der Waals surface area contributed by atoms with Gasteiger partial charge in [0.15, 0.2) is 15.8 Å². The summed E-state index contributed by atoms with van der Waals surface area (Å²) in [7, 11) is -0.781. The molecule has 0 saturated carbocycles. The van der Waals surface area contributed by atoms with Crippen molar-refractivity contribution < 1.29 is 8.42 Å². The summed E-state index contributed by atoms with van der Waals surface area (Å²) in [5.41, 5.74) is 0. The number of nitrogens with zero attached hydrogens (tertiary/aromatic N) is 2. The fraction of sp³-hybridized carbons (Fsp3) is 0.923.